The van der Waals surface area contributed by atoms with E-state index < -0.39 is 5.91 Å². The lowest BCUT2D eigenvalue weighted by molar-refractivity contribution is 0.102. The van der Waals surface area contributed by atoms with Gasteiger partial charge < -0.3 is 5.32 Å². The zero-order chi connectivity index (χ0) is 25.9. The molecule has 6 aromatic rings. The van der Waals surface area contributed by atoms with E-state index in [1.54, 1.807) is 47.1 Å². The minimum atomic E-state index is -0.421. The van der Waals surface area contributed by atoms with Crippen LogP contribution in [0.5, 0.6) is 0 Å². The Kier molecular flexibility index (Phi) is 6.03. The first-order chi connectivity index (χ1) is 18.7. The molecular weight excluding hydrogens is 476 g/mol. The molecule has 0 bridgehead atoms. The Hall–Kier alpha value is -5.37. The van der Waals surface area contributed by atoms with Gasteiger partial charge >= 0.3 is 0 Å². The van der Waals surface area contributed by atoms with E-state index in [0.29, 0.717) is 34.4 Å². The zero-order valence-electron chi connectivity index (χ0n) is 20.2. The molecule has 184 valence electrons. The van der Waals surface area contributed by atoms with E-state index in [4.69, 9.17) is 0 Å². The Balaban J connectivity index is 1.30. The second-order valence-corrected chi connectivity index (χ2v) is 8.77. The average molecular weight is 499 g/mol. The number of aromatic nitrogens is 5. The molecule has 1 N–H and O–H groups in total. The van der Waals surface area contributed by atoms with Crippen molar-refractivity contribution in [1.82, 2.24) is 24.8 Å². The maximum atomic E-state index is 13.5. The number of hydrogen-bond acceptors (Lipinski definition) is 5. The number of benzene rings is 4. The monoisotopic (exact) mass is 498 g/mol. The molecule has 0 spiro atoms. The SMILES string of the molecule is O=C(Nc1cccc(-c2cn(Cc3ccccc3)nn2)c1)c1nn(-c2ccccc2)c(=O)c2ccccc12. The van der Waals surface area contributed by atoms with E-state index in [1.807, 2.05) is 72.9 Å². The maximum absolute atomic E-state index is 13.5. The summed E-state index contributed by atoms with van der Waals surface area (Å²) in [7, 11) is 0. The standard InChI is InChI=1S/C30H22N6O2/c37-29(28-25-16-7-8-17-26(25)30(38)36(33-28)24-14-5-2-6-15-24)31-23-13-9-12-22(18-23)27-20-35(34-32-27)19-21-10-3-1-4-11-21/h1-18,20H,19H2,(H,31,37). The second-order valence-electron chi connectivity index (χ2n) is 8.77. The van der Waals surface area contributed by atoms with Crippen LogP contribution in [0.1, 0.15) is 16.1 Å². The summed E-state index contributed by atoms with van der Waals surface area (Å²) in [5.74, 6) is -0.421. The smallest absolute Gasteiger partial charge is 0.279 e. The molecule has 2 aromatic heterocycles. The minimum absolute atomic E-state index is 0.156. The Labute approximate surface area is 217 Å². The summed E-state index contributed by atoms with van der Waals surface area (Å²) in [6.45, 7) is 0.611. The van der Waals surface area contributed by atoms with Crippen molar-refractivity contribution in [3.8, 4) is 16.9 Å². The van der Waals surface area contributed by atoms with E-state index in [2.05, 4.69) is 20.7 Å². The van der Waals surface area contributed by atoms with Gasteiger partial charge in [0.2, 0.25) is 0 Å². The largest absolute Gasteiger partial charge is 0.321 e. The maximum Gasteiger partial charge on any atom is 0.279 e. The van der Waals surface area contributed by atoms with Gasteiger partial charge in [-0.05, 0) is 35.9 Å². The molecule has 4 aromatic carbocycles. The zero-order valence-corrected chi connectivity index (χ0v) is 20.2. The predicted molar refractivity (Wildman–Crippen MR) is 146 cm³/mol. The van der Waals surface area contributed by atoms with Gasteiger partial charge in [0, 0.05) is 16.6 Å². The molecule has 0 aliphatic heterocycles. The highest BCUT2D eigenvalue weighted by molar-refractivity contribution is 6.11. The van der Waals surface area contributed by atoms with Crippen LogP contribution in [0.4, 0.5) is 5.69 Å². The van der Waals surface area contributed by atoms with Crippen LogP contribution in [0.3, 0.4) is 0 Å². The second kappa shape index (κ2) is 9.94. The van der Waals surface area contributed by atoms with Crippen molar-refractivity contribution in [1.29, 1.82) is 0 Å². The Bertz CT molecular complexity index is 1810. The number of para-hydroxylation sites is 1. The number of anilines is 1. The van der Waals surface area contributed by atoms with Crippen LogP contribution < -0.4 is 10.9 Å². The molecule has 1 amide bonds. The lowest BCUT2D eigenvalue weighted by Crippen LogP contribution is -2.26. The van der Waals surface area contributed by atoms with Crippen molar-refractivity contribution < 1.29 is 4.79 Å². The van der Waals surface area contributed by atoms with Crippen LogP contribution in [0.15, 0.2) is 120 Å². The number of fused-ring (bicyclic) bond motifs is 1. The van der Waals surface area contributed by atoms with Gasteiger partial charge in [-0.3, -0.25) is 9.59 Å². The van der Waals surface area contributed by atoms with Crippen molar-refractivity contribution >= 4 is 22.4 Å². The van der Waals surface area contributed by atoms with Crippen LogP contribution in [0.2, 0.25) is 0 Å². The quantitative estimate of drug-likeness (QED) is 0.351. The van der Waals surface area contributed by atoms with Gasteiger partial charge in [0.25, 0.3) is 11.5 Å². The van der Waals surface area contributed by atoms with Crippen molar-refractivity contribution in [2.75, 3.05) is 5.32 Å². The fourth-order valence-electron chi connectivity index (χ4n) is 4.33. The van der Waals surface area contributed by atoms with E-state index >= 15 is 0 Å². The molecule has 2 heterocycles. The number of hydrogen-bond donors (Lipinski definition) is 1. The van der Waals surface area contributed by atoms with Crippen LogP contribution >= 0.6 is 0 Å². The molecule has 0 radical (unpaired) electrons. The number of nitrogens with one attached hydrogen (secondary N) is 1. The van der Waals surface area contributed by atoms with Crippen molar-refractivity contribution in [2.24, 2.45) is 0 Å². The predicted octanol–water partition coefficient (Wildman–Crippen LogP) is 4.94. The molecule has 0 saturated carbocycles. The Morgan fingerprint density at radius 2 is 1.50 bits per heavy atom. The summed E-state index contributed by atoms with van der Waals surface area (Å²) < 4.78 is 3.04. The van der Waals surface area contributed by atoms with Crippen LogP contribution in [0.25, 0.3) is 27.7 Å². The molecule has 0 aliphatic rings. The van der Waals surface area contributed by atoms with Gasteiger partial charge in [-0.1, -0.05) is 84.1 Å². The molecule has 0 fully saturated rings. The van der Waals surface area contributed by atoms with Crippen LogP contribution in [0, 0.1) is 0 Å². The molecule has 8 heteroatoms. The van der Waals surface area contributed by atoms with E-state index in [1.165, 1.54) is 4.68 Å². The topological polar surface area (TPSA) is 94.7 Å². The van der Waals surface area contributed by atoms with E-state index in [0.717, 1.165) is 11.1 Å². The average Bonchev–Trinajstić information content (AvgIpc) is 3.43. The summed E-state index contributed by atoms with van der Waals surface area (Å²) in [6.07, 6.45) is 1.87. The summed E-state index contributed by atoms with van der Waals surface area (Å²) >= 11 is 0. The number of nitrogens with zero attached hydrogens (tertiary/aromatic N) is 5. The van der Waals surface area contributed by atoms with Crippen molar-refractivity contribution in [3.63, 3.8) is 0 Å². The third-order valence-corrected chi connectivity index (χ3v) is 6.16. The molecule has 38 heavy (non-hydrogen) atoms. The summed E-state index contributed by atoms with van der Waals surface area (Å²) in [6, 6.07) is 33.5. The highest BCUT2D eigenvalue weighted by Gasteiger charge is 2.18. The number of carbonyl (C=O) groups excluding carboxylic acids is 1. The molecule has 0 aliphatic carbocycles. The minimum Gasteiger partial charge on any atom is -0.321 e. The fraction of sp³-hybridized carbons (Fsp3) is 0.0333. The first-order valence-electron chi connectivity index (χ1n) is 12.1. The lowest BCUT2D eigenvalue weighted by Gasteiger charge is -2.12. The molecule has 0 saturated heterocycles. The fourth-order valence-corrected chi connectivity index (χ4v) is 4.33. The Morgan fingerprint density at radius 1 is 0.789 bits per heavy atom. The summed E-state index contributed by atoms with van der Waals surface area (Å²) in [4.78, 5) is 26.6. The summed E-state index contributed by atoms with van der Waals surface area (Å²) in [5.41, 5.74) is 3.66. The first-order valence-corrected chi connectivity index (χ1v) is 12.1. The van der Waals surface area contributed by atoms with Crippen molar-refractivity contribution in [2.45, 2.75) is 6.54 Å². The number of amides is 1. The molecule has 6 rings (SSSR count). The van der Waals surface area contributed by atoms with Crippen LogP contribution in [-0.4, -0.2) is 30.7 Å². The number of rotatable bonds is 6. The highest BCUT2D eigenvalue weighted by Crippen LogP contribution is 2.22. The lowest BCUT2D eigenvalue weighted by atomic mass is 10.1. The van der Waals surface area contributed by atoms with Gasteiger partial charge in [-0.2, -0.15) is 9.78 Å². The third-order valence-electron chi connectivity index (χ3n) is 6.16. The van der Waals surface area contributed by atoms with Crippen molar-refractivity contribution in [3.05, 3.63) is 137 Å². The van der Waals surface area contributed by atoms with Gasteiger partial charge in [0.05, 0.1) is 23.8 Å². The van der Waals surface area contributed by atoms with E-state index in [-0.39, 0.29) is 11.3 Å². The van der Waals surface area contributed by atoms with Crippen LogP contribution in [-0.2, 0) is 6.54 Å². The van der Waals surface area contributed by atoms with Gasteiger partial charge in [-0.15, -0.1) is 5.10 Å². The molecular formula is C30H22N6O2. The first kappa shape index (κ1) is 23.1. The summed E-state index contributed by atoms with van der Waals surface area (Å²) in [5, 5.41) is 16.8. The highest BCUT2D eigenvalue weighted by atomic mass is 16.2. The molecule has 0 unspecified atom stereocenters. The Morgan fingerprint density at radius 3 is 2.29 bits per heavy atom. The van der Waals surface area contributed by atoms with E-state index in [9.17, 15) is 9.59 Å². The third kappa shape index (κ3) is 4.58. The van der Waals surface area contributed by atoms with Gasteiger partial charge in [0.15, 0.2) is 5.69 Å². The number of carbonyl (C=O) groups is 1. The molecule has 0 atom stereocenters. The normalized spacial score (nSPS) is 10.9. The van der Waals surface area contributed by atoms with Gasteiger partial charge in [0.1, 0.15) is 5.69 Å². The molecule has 8 nitrogen and oxygen atoms in total. The van der Waals surface area contributed by atoms with Gasteiger partial charge in [-0.25, -0.2) is 4.68 Å².